The van der Waals surface area contributed by atoms with Crippen LogP contribution in [0.2, 0.25) is 0 Å². The number of carbonyl (C=O) groups is 2. The fourth-order valence-corrected chi connectivity index (χ4v) is 6.35. The number of nitrogens with two attached hydrogens (primary N) is 1. The summed E-state index contributed by atoms with van der Waals surface area (Å²) in [4.78, 5) is 24.6. The summed E-state index contributed by atoms with van der Waals surface area (Å²) in [7, 11) is 0. The lowest BCUT2D eigenvalue weighted by atomic mass is 9.91. The van der Waals surface area contributed by atoms with Crippen LogP contribution in [0.3, 0.4) is 0 Å². The zero-order valence-electron chi connectivity index (χ0n) is 11.7. The van der Waals surface area contributed by atoms with E-state index in [1.54, 1.807) is 18.2 Å². The summed E-state index contributed by atoms with van der Waals surface area (Å²) in [6.45, 7) is 7.89. The molecule has 0 radical (unpaired) electrons. The Kier molecular flexibility index (Phi) is 8.02. The number of hydrogen-bond donors (Lipinski definition) is 3. The van der Waals surface area contributed by atoms with Crippen LogP contribution < -0.4 is 16.4 Å². The van der Waals surface area contributed by atoms with Crippen LogP contribution in [0.4, 0.5) is 0 Å². The van der Waals surface area contributed by atoms with Gasteiger partial charge < -0.3 is 16.4 Å². The van der Waals surface area contributed by atoms with Crippen molar-refractivity contribution in [3.05, 3.63) is 44.1 Å². The van der Waals surface area contributed by atoms with Gasteiger partial charge in [0.2, 0.25) is 5.91 Å². The van der Waals surface area contributed by atoms with Crippen molar-refractivity contribution in [3.8, 4) is 0 Å². The molecule has 0 fully saturated rings. The molecule has 120 valence electrons. The quantitative estimate of drug-likeness (QED) is 0.237. The molecule has 4 N–H and O–H groups in total. The van der Waals surface area contributed by atoms with Crippen molar-refractivity contribution in [2.75, 3.05) is 13.1 Å². The normalized spacial score (nSPS) is 24.4. The molecule has 0 aromatic carbocycles. The van der Waals surface area contributed by atoms with Gasteiger partial charge in [0.15, 0.2) is 0 Å². The Balaban J connectivity index is 3.13. The summed E-state index contributed by atoms with van der Waals surface area (Å²) in [6.07, 6.45) is 4.95. The van der Waals surface area contributed by atoms with Crippen LogP contribution in [0, 0.1) is 0 Å². The summed E-state index contributed by atoms with van der Waals surface area (Å²) in [5.41, 5.74) is 6.75. The van der Waals surface area contributed by atoms with Crippen LogP contribution in [-0.2, 0) is 9.59 Å². The average molecular weight is 639 g/mol. The van der Waals surface area contributed by atoms with E-state index in [1.807, 2.05) is 45.2 Å². The van der Waals surface area contributed by atoms with Gasteiger partial charge in [-0.3, -0.25) is 9.59 Å². The lowest BCUT2D eigenvalue weighted by Crippen LogP contribution is -2.55. The fraction of sp³-hybridized carbons (Fsp3) is 0.286. The number of nitrogens with one attached hydrogen (secondary N) is 2. The van der Waals surface area contributed by atoms with E-state index in [9.17, 15) is 9.59 Å². The molecule has 22 heavy (non-hydrogen) atoms. The highest BCUT2D eigenvalue weighted by molar-refractivity contribution is 14.1. The molecule has 0 saturated carbocycles. The van der Waals surface area contributed by atoms with Gasteiger partial charge in [-0.2, -0.15) is 0 Å². The van der Waals surface area contributed by atoms with Crippen molar-refractivity contribution in [1.82, 2.24) is 10.6 Å². The Hall–Kier alpha value is 0.0500. The molecule has 0 heterocycles. The number of halogens is 3. The maximum Gasteiger partial charge on any atom is 0.253 e. The SMILES string of the molecule is C=CCNC(=O)C1=C(I)C(N)C(I)(C(=O)NCC=C)C=C1I. The molecule has 1 aliphatic carbocycles. The second-order valence-corrected chi connectivity index (χ2v) is 8.57. The van der Waals surface area contributed by atoms with E-state index >= 15 is 0 Å². The molecule has 0 bridgehead atoms. The minimum Gasteiger partial charge on any atom is -0.351 e. The Morgan fingerprint density at radius 2 is 1.82 bits per heavy atom. The molecule has 1 rings (SSSR count). The van der Waals surface area contributed by atoms with Crippen molar-refractivity contribution in [2.45, 2.75) is 9.46 Å². The first kappa shape index (κ1) is 20.1. The predicted molar refractivity (Wildman–Crippen MR) is 114 cm³/mol. The summed E-state index contributed by atoms with van der Waals surface area (Å²) >= 11 is 6.13. The van der Waals surface area contributed by atoms with E-state index in [-0.39, 0.29) is 11.8 Å². The minimum atomic E-state index is -0.934. The standard InChI is InChI=1S/C14H16I3N3O2/c1-3-5-19-12(21)9-8(15)7-14(17,11(18)10(9)16)13(22)20-6-4-2/h3-4,7,11H,1-2,5-6,18H2,(H,19,21)(H,20,22). The summed E-state index contributed by atoms with van der Waals surface area (Å²) in [5, 5.41) is 5.50. The molecule has 2 amide bonds. The van der Waals surface area contributed by atoms with E-state index in [4.69, 9.17) is 5.73 Å². The highest BCUT2D eigenvalue weighted by atomic mass is 127. The van der Waals surface area contributed by atoms with Crippen LogP contribution in [0.5, 0.6) is 0 Å². The molecule has 0 aromatic heterocycles. The first-order valence-corrected chi connectivity index (χ1v) is 9.54. The van der Waals surface area contributed by atoms with Gasteiger partial charge in [-0.25, -0.2) is 0 Å². The second-order valence-electron chi connectivity index (χ2n) is 4.46. The zero-order chi connectivity index (χ0) is 16.9. The van der Waals surface area contributed by atoms with E-state index < -0.39 is 9.46 Å². The number of rotatable bonds is 6. The van der Waals surface area contributed by atoms with Gasteiger partial charge in [0.25, 0.3) is 5.91 Å². The topological polar surface area (TPSA) is 84.2 Å². The molecule has 0 aromatic rings. The molecule has 5 nitrogen and oxygen atoms in total. The van der Waals surface area contributed by atoms with Crippen molar-refractivity contribution in [2.24, 2.45) is 5.73 Å². The second kappa shape index (κ2) is 8.78. The molecule has 8 heteroatoms. The lowest BCUT2D eigenvalue weighted by Gasteiger charge is -2.34. The maximum atomic E-state index is 12.4. The first-order chi connectivity index (χ1) is 10.3. The van der Waals surface area contributed by atoms with Crippen molar-refractivity contribution in [3.63, 3.8) is 0 Å². The maximum absolute atomic E-state index is 12.4. The molecular weight excluding hydrogens is 623 g/mol. The molecular formula is C14H16I3N3O2. The van der Waals surface area contributed by atoms with Gasteiger partial charge >= 0.3 is 0 Å². The van der Waals surface area contributed by atoms with Crippen LogP contribution >= 0.6 is 67.8 Å². The van der Waals surface area contributed by atoms with Crippen LogP contribution in [0.25, 0.3) is 0 Å². The Morgan fingerprint density at radius 1 is 1.27 bits per heavy atom. The first-order valence-electron chi connectivity index (χ1n) is 6.30. The van der Waals surface area contributed by atoms with E-state index in [2.05, 4.69) is 46.4 Å². The third kappa shape index (κ3) is 4.32. The van der Waals surface area contributed by atoms with Gasteiger partial charge in [0, 0.05) is 20.2 Å². The van der Waals surface area contributed by atoms with Crippen LogP contribution in [-0.4, -0.2) is 34.4 Å². The number of alkyl halides is 1. The van der Waals surface area contributed by atoms with E-state index in [0.29, 0.717) is 25.8 Å². The van der Waals surface area contributed by atoms with Gasteiger partial charge in [-0.15, -0.1) is 13.2 Å². The third-order valence-corrected chi connectivity index (χ3v) is 6.46. The molecule has 0 aliphatic heterocycles. The Bertz CT molecular complexity index is 572. The predicted octanol–water partition coefficient (Wildman–Crippen LogP) is 2.11. The van der Waals surface area contributed by atoms with Gasteiger partial charge in [-0.05, 0) is 51.3 Å². The number of hydrogen-bond acceptors (Lipinski definition) is 3. The summed E-state index contributed by atoms with van der Waals surface area (Å²) in [5.74, 6) is -0.417. The summed E-state index contributed by atoms with van der Waals surface area (Å²) in [6, 6.07) is -0.596. The van der Waals surface area contributed by atoms with Crippen molar-refractivity contribution in [1.29, 1.82) is 0 Å². The molecule has 2 atom stereocenters. The monoisotopic (exact) mass is 639 g/mol. The largest absolute Gasteiger partial charge is 0.351 e. The molecule has 2 unspecified atom stereocenters. The van der Waals surface area contributed by atoms with Gasteiger partial charge in [-0.1, -0.05) is 34.7 Å². The highest BCUT2D eigenvalue weighted by Crippen LogP contribution is 2.42. The molecule has 0 spiro atoms. The minimum absolute atomic E-state index is 0.200. The highest BCUT2D eigenvalue weighted by Gasteiger charge is 2.45. The van der Waals surface area contributed by atoms with Crippen molar-refractivity contribution < 1.29 is 9.59 Å². The average Bonchev–Trinajstić information content (AvgIpc) is 2.48. The zero-order valence-corrected chi connectivity index (χ0v) is 18.1. The van der Waals surface area contributed by atoms with Crippen molar-refractivity contribution >= 4 is 79.6 Å². The van der Waals surface area contributed by atoms with Crippen LogP contribution in [0.1, 0.15) is 0 Å². The fourth-order valence-electron chi connectivity index (χ4n) is 1.78. The van der Waals surface area contributed by atoms with Gasteiger partial charge in [0.05, 0.1) is 11.6 Å². The smallest absolute Gasteiger partial charge is 0.253 e. The number of carbonyl (C=O) groups excluding carboxylic acids is 2. The van der Waals surface area contributed by atoms with E-state index in [0.717, 1.165) is 0 Å². The van der Waals surface area contributed by atoms with Gasteiger partial charge in [0.1, 0.15) is 3.42 Å². The number of amides is 2. The van der Waals surface area contributed by atoms with E-state index in [1.165, 1.54) is 0 Å². The lowest BCUT2D eigenvalue weighted by molar-refractivity contribution is -0.122. The molecule has 1 aliphatic rings. The Labute approximate surface area is 170 Å². The molecule has 0 saturated heterocycles. The van der Waals surface area contributed by atoms with Crippen LogP contribution in [0.15, 0.2) is 44.1 Å². The summed E-state index contributed by atoms with van der Waals surface area (Å²) < 4.78 is 0.429. The Morgan fingerprint density at radius 3 is 2.36 bits per heavy atom. The third-order valence-electron chi connectivity index (χ3n) is 2.93.